The van der Waals surface area contributed by atoms with E-state index in [2.05, 4.69) is 34.6 Å². The summed E-state index contributed by atoms with van der Waals surface area (Å²) in [5.41, 5.74) is 2.28. The Kier molecular flexibility index (Phi) is 2.95. The average Bonchev–Trinajstić information content (AvgIpc) is 3.19. The Morgan fingerprint density at radius 2 is 2.06 bits per heavy atom. The largest absolute Gasteiger partial charge is 0.384 e. The van der Waals surface area contributed by atoms with Gasteiger partial charge in [-0.1, -0.05) is 31.0 Å². The van der Waals surface area contributed by atoms with Crippen molar-refractivity contribution in [1.82, 2.24) is 4.98 Å². The minimum absolute atomic E-state index is 1.03. The fraction of sp³-hybridized carbons (Fsp3) is 0.400. The molecule has 0 unspecified atom stereocenters. The summed E-state index contributed by atoms with van der Waals surface area (Å²) in [4.78, 5) is 4.37. The first-order valence-electron chi connectivity index (χ1n) is 6.51. The van der Waals surface area contributed by atoms with Crippen molar-refractivity contribution >= 4 is 16.6 Å². The topological polar surface area (TPSA) is 24.9 Å². The van der Waals surface area contributed by atoms with Gasteiger partial charge < -0.3 is 5.32 Å². The molecule has 1 N–H and O–H groups in total. The molecule has 1 aliphatic carbocycles. The van der Waals surface area contributed by atoms with Crippen LogP contribution in [-0.2, 0) is 0 Å². The SMILES string of the molecule is c1ccc2c(NCCCC3CC3)ccnc2c1. The lowest BCUT2D eigenvalue weighted by Gasteiger charge is -2.08. The van der Waals surface area contributed by atoms with Gasteiger partial charge in [0.1, 0.15) is 0 Å². The smallest absolute Gasteiger partial charge is 0.0722 e. The second kappa shape index (κ2) is 4.74. The Balaban J connectivity index is 1.66. The Labute approximate surface area is 102 Å². The van der Waals surface area contributed by atoms with Gasteiger partial charge in [0.05, 0.1) is 5.52 Å². The highest BCUT2D eigenvalue weighted by atomic mass is 14.9. The van der Waals surface area contributed by atoms with Gasteiger partial charge in [-0.25, -0.2) is 0 Å². The number of nitrogens with one attached hydrogen (secondary N) is 1. The first-order valence-corrected chi connectivity index (χ1v) is 6.51. The predicted molar refractivity (Wildman–Crippen MR) is 72.2 cm³/mol. The number of benzene rings is 1. The normalized spacial score (nSPS) is 15.1. The second-order valence-corrected chi connectivity index (χ2v) is 4.89. The minimum Gasteiger partial charge on any atom is -0.384 e. The highest BCUT2D eigenvalue weighted by Crippen LogP contribution is 2.33. The summed E-state index contributed by atoms with van der Waals surface area (Å²) in [5, 5.41) is 4.75. The van der Waals surface area contributed by atoms with Crippen LogP contribution in [0.5, 0.6) is 0 Å². The number of para-hydroxylation sites is 1. The highest BCUT2D eigenvalue weighted by molar-refractivity contribution is 5.90. The third-order valence-electron chi connectivity index (χ3n) is 3.45. The summed E-state index contributed by atoms with van der Waals surface area (Å²) >= 11 is 0. The molecule has 0 radical (unpaired) electrons. The fourth-order valence-electron chi connectivity index (χ4n) is 2.27. The zero-order chi connectivity index (χ0) is 11.5. The van der Waals surface area contributed by atoms with Crippen molar-refractivity contribution in [1.29, 1.82) is 0 Å². The number of hydrogen-bond acceptors (Lipinski definition) is 2. The number of rotatable bonds is 5. The van der Waals surface area contributed by atoms with E-state index in [1.54, 1.807) is 0 Å². The van der Waals surface area contributed by atoms with Gasteiger partial charge in [-0.15, -0.1) is 0 Å². The Morgan fingerprint density at radius 1 is 1.18 bits per heavy atom. The van der Waals surface area contributed by atoms with E-state index in [-0.39, 0.29) is 0 Å². The summed E-state index contributed by atoms with van der Waals surface area (Å²) in [7, 11) is 0. The van der Waals surface area contributed by atoms with Crippen LogP contribution in [0.3, 0.4) is 0 Å². The molecule has 1 fully saturated rings. The maximum Gasteiger partial charge on any atom is 0.0722 e. The van der Waals surface area contributed by atoms with Gasteiger partial charge in [0.15, 0.2) is 0 Å². The van der Waals surface area contributed by atoms with Crippen molar-refractivity contribution in [2.75, 3.05) is 11.9 Å². The number of hydrogen-bond donors (Lipinski definition) is 1. The van der Waals surface area contributed by atoms with Gasteiger partial charge >= 0.3 is 0 Å². The molecule has 88 valence electrons. The quantitative estimate of drug-likeness (QED) is 0.783. The number of fused-ring (bicyclic) bond motifs is 1. The van der Waals surface area contributed by atoms with Crippen LogP contribution in [0.15, 0.2) is 36.5 Å². The van der Waals surface area contributed by atoms with E-state index in [4.69, 9.17) is 0 Å². The lowest BCUT2D eigenvalue weighted by Crippen LogP contribution is -2.02. The average molecular weight is 226 g/mol. The molecule has 0 aliphatic heterocycles. The van der Waals surface area contributed by atoms with Gasteiger partial charge in [0, 0.05) is 23.8 Å². The molecule has 2 nitrogen and oxygen atoms in total. The Morgan fingerprint density at radius 3 is 2.94 bits per heavy atom. The summed E-state index contributed by atoms with van der Waals surface area (Å²) in [6, 6.07) is 10.4. The molecule has 0 bridgehead atoms. The van der Waals surface area contributed by atoms with E-state index < -0.39 is 0 Å². The van der Waals surface area contributed by atoms with E-state index in [0.717, 1.165) is 18.0 Å². The number of aromatic nitrogens is 1. The van der Waals surface area contributed by atoms with Crippen LogP contribution in [-0.4, -0.2) is 11.5 Å². The third-order valence-corrected chi connectivity index (χ3v) is 3.45. The van der Waals surface area contributed by atoms with Crippen molar-refractivity contribution in [3.8, 4) is 0 Å². The molecule has 17 heavy (non-hydrogen) atoms. The number of nitrogens with zero attached hydrogens (tertiary/aromatic N) is 1. The van der Waals surface area contributed by atoms with Crippen LogP contribution >= 0.6 is 0 Å². The van der Waals surface area contributed by atoms with Gasteiger partial charge in [-0.05, 0) is 30.9 Å². The lowest BCUT2D eigenvalue weighted by atomic mass is 10.2. The Hall–Kier alpha value is -1.57. The van der Waals surface area contributed by atoms with Crippen LogP contribution in [0, 0.1) is 5.92 Å². The van der Waals surface area contributed by atoms with Gasteiger partial charge in [0.25, 0.3) is 0 Å². The molecule has 3 rings (SSSR count). The standard InChI is InChI=1S/C15H18N2/c1-2-6-14-13(5-1)15(9-11-17-14)16-10-3-4-12-7-8-12/h1-2,5-6,9,11-12H,3-4,7-8,10H2,(H,16,17). The summed E-state index contributed by atoms with van der Waals surface area (Å²) in [6.07, 6.45) is 7.46. The lowest BCUT2D eigenvalue weighted by molar-refractivity contribution is 0.687. The van der Waals surface area contributed by atoms with Crippen LogP contribution in [0.4, 0.5) is 5.69 Å². The maximum absolute atomic E-state index is 4.37. The monoisotopic (exact) mass is 226 g/mol. The van der Waals surface area contributed by atoms with Crippen LogP contribution in [0.25, 0.3) is 10.9 Å². The van der Waals surface area contributed by atoms with E-state index in [0.29, 0.717) is 0 Å². The van der Waals surface area contributed by atoms with Gasteiger partial charge in [0.2, 0.25) is 0 Å². The van der Waals surface area contributed by atoms with Crippen LogP contribution < -0.4 is 5.32 Å². The summed E-state index contributed by atoms with van der Waals surface area (Å²) < 4.78 is 0. The van der Waals surface area contributed by atoms with Crippen LogP contribution in [0.1, 0.15) is 25.7 Å². The first kappa shape index (κ1) is 10.6. The first-order chi connectivity index (χ1) is 8.43. The molecular formula is C15H18N2. The molecule has 1 heterocycles. The van der Waals surface area contributed by atoms with E-state index in [9.17, 15) is 0 Å². The van der Waals surface area contributed by atoms with Crippen molar-refractivity contribution < 1.29 is 0 Å². The third kappa shape index (κ3) is 2.57. The molecule has 0 atom stereocenters. The molecule has 0 amide bonds. The van der Waals surface area contributed by atoms with E-state index >= 15 is 0 Å². The maximum atomic E-state index is 4.37. The van der Waals surface area contributed by atoms with E-state index in [1.165, 1.54) is 36.8 Å². The molecule has 1 aromatic heterocycles. The molecule has 2 aromatic rings. The molecule has 0 spiro atoms. The van der Waals surface area contributed by atoms with Gasteiger partial charge in [-0.3, -0.25) is 4.98 Å². The van der Waals surface area contributed by atoms with Gasteiger partial charge in [-0.2, -0.15) is 0 Å². The predicted octanol–water partition coefficient (Wildman–Crippen LogP) is 3.84. The second-order valence-electron chi connectivity index (χ2n) is 4.89. The fourth-order valence-corrected chi connectivity index (χ4v) is 2.27. The zero-order valence-electron chi connectivity index (χ0n) is 10.0. The summed E-state index contributed by atoms with van der Waals surface area (Å²) in [5.74, 6) is 1.03. The van der Waals surface area contributed by atoms with E-state index in [1.807, 2.05) is 12.3 Å². The molecular weight excluding hydrogens is 208 g/mol. The molecule has 1 aromatic carbocycles. The highest BCUT2D eigenvalue weighted by Gasteiger charge is 2.19. The minimum atomic E-state index is 1.03. The number of anilines is 1. The zero-order valence-corrected chi connectivity index (χ0v) is 10.0. The molecule has 0 saturated heterocycles. The summed E-state index contributed by atoms with van der Waals surface area (Å²) in [6.45, 7) is 1.07. The van der Waals surface area contributed by atoms with Crippen molar-refractivity contribution in [2.24, 2.45) is 5.92 Å². The molecule has 1 saturated carbocycles. The van der Waals surface area contributed by atoms with Crippen molar-refractivity contribution in [3.63, 3.8) is 0 Å². The Bertz CT molecular complexity index is 498. The number of pyridine rings is 1. The van der Waals surface area contributed by atoms with Crippen molar-refractivity contribution in [3.05, 3.63) is 36.5 Å². The molecule has 2 heteroatoms. The van der Waals surface area contributed by atoms with Crippen molar-refractivity contribution in [2.45, 2.75) is 25.7 Å². The molecule has 1 aliphatic rings. The van der Waals surface area contributed by atoms with Crippen LogP contribution in [0.2, 0.25) is 0 Å².